The molecule has 0 bridgehead atoms. The van der Waals surface area contributed by atoms with Crippen molar-refractivity contribution in [3.05, 3.63) is 23.2 Å². The molecule has 0 aromatic carbocycles. The molecule has 0 saturated carbocycles. The number of ether oxygens (including phenoxy) is 1. The largest absolute Gasteiger partial charge is 0.457 e. The lowest BCUT2D eigenvalue weighted by Crippen LogP contribution is -2.02. The summed E-state index contributed by atoms with van der Waals surface area (Å²) < 4.78 is 10.4. The molecule has 0 N–H and O–H groups in total. The number of hydrogen-bond acceptors (Lipinski definition) is 3. The molecule has 2 heterocycles. The molecule has 0 amide bonds. The maximum absolute atomic E-state index is 11.3. The molecule has 1 aromatic rings. The molecule has 0 radical (unpaired) electrons. The Kier molecular flexibility index (Phi) is 1.55. The van der Waals surface area contributed by atoms with Gasteiger partial charge in [0.25, 0.3) is 0 Å². The van der Waals surface area contributed by atoms with Crippen LogP contribution in [0.1, 0.15) is 25.4 Å². The monoisotopic (exact) mass is 178 g/mol. The second-order valence-electron chi connectivity index (χ2n) is 3.31. The first-order valence-electron chi connectivity index (χ1n) is 4.10. The zero-order valence-corrected chi connectivity index (χ0v) is 7.80. The first-order valence-corrected chi connectivity index (χ1v) is 4.10. The molecule has 1 aliphatic rings. The molecule has 2 rings (SSSR count). The molecule has 1 aromatic heterocycles. The van der Waals surface area contributed by atoms with E-state index in [2.05, 4.69) is 0 Å². The van der Waals surface area contributed by atoms with Crippen LogP contribution in [-0.2, 0) is 4.79 Å². The highest BCUT2D eigenvalue weighted by Gasteiger charge is 2.31. The number of furan rings is 1. The quantitative estimate of drug-likeness (QED) is 0.452. The van der Waals surface area contributed by atoms with E-state index >= 15 is 0 Å². The lowest BCUT2D eigenvalue weighted by atomic mass is 10.1. The van der Waals surface area contributed by atoms with E-state index < -0.39 is 0 Å². The highest BCUT2D eigenvalue weighted by Crippen LogP contribution is 2.38. The van der Waals surface area contributed by atoms with Gasteiger partial charge in [-0.25, -0.2) is 4.79 Å². The Bertz CT molecular complexity index is 406. The van der Waals surface area contributed by atoms with Crippen molar-refractivity contribution in [2.45, 2.75) is 20.8 Å². The van der Waals surface area contributed by atoms with E-state index in [1.165, 1.54) is 0 Å². The minimum atomic E-state index is -0.311. The topological polar surface area (TPSA) is 39.4 Å². The Labute approximate surface area is 76.0 Å². The highest BCUT2D eigenvalue weighted by atomic mass is 16.6. The summed E-state index contributed by atoms with van der Waals surface area (Å²) in [4.78, 5) is 11.3. The third kappa shape index (κ3) is 1.08. The van der Waals surface area contributed by atoms with Crippen LogP contribution in [-0.4, -0.2) is 5.97 Å². The maximum Gasteiger partial charge on any atom is 0.347 e. The maximum atomic E-state index is 11.3. The fourth-order valence-electron chi connectivity index (χ4n) is 1.42. The van der Waals surface area contributed by atoms with Crippen LogP contribution in [0.4, 0.5) is 0 Å². The fraction of sp³-hybridized carbons (Fsp3) is 0.300. The van der Waals surface area contributed by atoms with Gasteiger partial charge in [-0.15, -0.1) is 0 Å². The van der Waals surface area contributed by atoms with Crippen LogP contribution in [0.2, 0.25) is 0 Å². The van der Waals surface area contributed by atoms with E-state index in [9.17, 15) is 4.79 Å². The van der Waals surface area contributed by atoms with E-state index in [0.717, 1.165) is 11.3 Å². The molecule has 1 aliphatic heterocycles. The van der Waals surface area contributed by atoms with E-state index in [1.54, 1.807) is 6.07 Å². The standard InChI is InChI=1S/C10H10O3/c1-5(2)8-9-7(13-10(8)11)4-6(3)12-9/h4H,1-3H3. The first-order chi connectivity index (χ1) is 6.09. The van der Waals surface area contributed by atoms with Gasteiger partial charge in [0.1, 0.15) is 11.3 Å². The highest BCUT2D eigenvalue weighted by molar-refractivity contribution is 6.21. The molecule has 3 heteroatoms. The van der Waals surface area contributed by atoms with Gasteiger partial charge in [0, 0.05) is 6.07 Å². The molecule has 0 fully saturated rings. The van der Waals surface area contributed by atoms with E-state index in [-0.39, 0.29) is 5.97 Å². The Morgan fingerprint density at radius 1 is 1.38 bits per heavy atom. The van der Waals surface area contributed by atoms with Crippen molar-refractivity contribution in [1.82, 2.24) is 0 Å². The predicted molar refractivity (Wildman–Crippen MR) is 47.3 cm³/mol. The summed E-state index contributed by atoms with van der Waals surface area (Å²) in [5.74, 6) is 1.56. The SMILES string of the molecule is CC(C)=C1C(=O)Oc2cc(C)oc21. The number of fused-ring (bicyclic) bond motifs is 1. The number of hydrogen-bond donors (Lipinski definition) is 0. The lowest BCUT2D eigenvalue weighted by Gasteiger charge is -1.95. The molecule has 0 unspecified atom stereocenters. The summed E-state index contributed by atoms with van der Waals surface area (Å²) >= 11 is 0. The van der Waals surface area contributed by atoms with Crippen LogP contribution in [0.15, 0.2) is 16.1 Å². The zero-order valence-electron chi connectivity index (χ0n) is 7.80. The smallest absolute Gasteiger partial charge is 0.347 e. The van der Waals surface area contributed by atoms with Crippen molar-refractivity contribution < 1.29 is 13.9 Å². The summed E-state index contributed by atoms with van der Waals surface area (Å²) in [5, 5.41) is 0. The zero-order chi connectivity index (χ0) is 9.59. The van der Waals surface area contributed by atoms with Gasteiger partial charge < -0.3 is 9.15 Å². The number of allylic oxidation sites excluding steroid dienone is 1. The average Bonchev–Trinajstić information content (AvgIpc) is 2.41. The molecule has 0 atom stereocenters. The lowest BCUT2D eigenvalue weighted by molar-refractivity contribution is -0.127. The average molecular weight is 178 g/mol. The second-order valence-corrected chi connectivity index (χ2v) is 3.31. The van der Waals surface area contributed by atoms with E-state index in [4.69, 9.17) is 9.15 Å². The minimum absolute atomic E-state index is 0.311. The number of carbonyl (C=O) groups excluding carboxylic acids is 1. The van der Waals surface area contributed by atoms with Crippen LogP contribution in [0, 0.1) is 6.92 Å². The van der Waals surface area contributed by atoms with Gasteiger partial charge in [-0.1, -0.05) is 5.57 Å². The Balaban J connectivity index is 2.64. The van der Waals surface area contributed by atoms with Gasteiger partial charge >= 0.3 is 5.97 Å². The van der Waals surface area contributed by atoms with Gasteiger partial charge in [-0.2, -0.15) is 0 Å². The predicted octanol–water partition coefficient (Wildman–Crippen LogP) is 2.30. The molecule has 68 valence electrons. The molecule has 13 heavy (non-hydrogen) atoms. The minimum Gasteiger partial charge on any atom is -0.457 e. The third-order valence-electron chi connectivity index (χ3n) is 1.96. The first kappa shape index (κ1) is 8.10. The second kappa shape index (κ2) is 2.49. The fourth-order valence-corrected chi connectivity index (χ4v) is 1.42. The van der Waals surface area contributed by atoms with Crippen molar-refractivity contribution in [2.24, 2.45) is 0 Å². The molecule has 3 nitrogen and oxygen atoms in total. The summed E-state index contributed by atoms with van der Waals surface area (Å²) in [5.41, 5.74) is 1.47. The van der Waals surface area contributed by atoms with E-state index in [1.807, 2.05) is 20.8 Å². The summed E-state index contributed by atoms with van der Waals surface area (Å²) in [7, 11) is 0. The molecular formula is C10H10O3. The van der Waals surface area contributed by atoms with Crippen LogP contribution in [0.3, 0.4) is 0 Å². The van der Waals surface area contributed by atoms with Crippen molar-refractivity contribution in [3.8, 4) is 5.75 Å². The number of aryl methyl sites for hydroxylation is 1. The van der Waals surface area contributed by atoms with Gasteiger partial charge in [0.05, 0.1) is 0 Å². The van der Waals surface area contributed by atoms with Crippen LogP contribution < -0.4 is 4.74 Å². The van der Waals surface area contributed by atoms with Crippen LogP contribution in [0.5, 0.6) is 5.75 Å². The Morgan fingerprint density at radius 2 is 2.08 bits per heavy atom. The summed E-state index contributed by atoms with van der Waals surface area (Å²) in [6, 6.07) is 1.73. The van der Waals surface area contributed by atoms with Crippen molar-refractivity contribution in [1.29, 1.82) is 0 Å². The van der Waals surface area contributed by atoms with Crippen LogP contribution >= 0.6 is 0 Å². The Hall–Kier alpha value is -1.51. The van der Waals surface area contributed by atoms with Gasteiger partial charge in [0.2, 0.25) is 0 Å². The van der Waals surface area contributed by atoms with Gasteiger partial charge in [0.15, 0.2) is 11.5 Å². The molecular weight excluding hydrogens is 168 g/mol. The van der Waals surface area contributed by atoms with Crippen molar-refractivity contribution in [3.63, 3.8) is 0 Å². The summed E-state index contributed by atoms with van der Waals surface area (Å²) in [6.45, 7) is 5.56. The molecule has 0 aliphatic carbocycles. The van der Waals surface area contributed by atoms with Gasteiger partial charge in [-0.05, 0) is 20.8 Å². The molecule has 0 spiro atoms. The van der Waals surface area contributed by atoms with Crippen molar-refractivity contribution >= 4 is 11.5 Å². The van der Waals surface area contributed by atoms with Gasteiger partial charge in [-0.3, -0.25) is 0 Å². The van der Waals surface area contributed by atoms with Crippen molar-refractivity contribution in [2.75, 3.05) is 0 Å². The van der Waals surface area contributed by atoms with Crippen LogP contribution in [0.25, 0.3) is 5.57 Å². The number of esters is 1. The normalized spacial score (nSPS) is 14.4. The third-order valence-corrected chi connectivity index (χ3v) is 1.96. The molecule has 0 saturated heterocycles. The number of rotatable bonds is 0. The Morgan fingerprint density at radius 3 is 2.69 bits per heavy atom. The number of carbonyl (C=O) groups is 1. The van der Waals surface area contributed by atoms with E-state index in [0.29, 0.717) is 17.1 Å². The summed E-state index contributed by atoms with van der Waals surface area (Å²) in [6.07, 6.45) is 0.